The van der Waals surface area contributed by atoms with Crippen molar-refractivity contribution in [2.45, 2.75) is 0 Å². The van der Waals surface area contributed by atoms with Crippen molar-refractivity contribution in [2.24, 2.45) is 0 Å². The molecule has 0 atom stereocenters. The number of para-hydroxylation sites is 2. The Morgan fingerprint density at radius 1 is 0.762 bits per heavy atom. The van der Waals surface area contributed by atoms with E-state index in [0.717, 1.165) is 22.2 Å². The fourth-order valence-electron chi connectivity index (χ4n) is 2.45. The van der Waals surface area contributed by atoms with Crippen molar-refractivity contribution in [1.29, 1.82) is 0 Å². The van der Waals surface area contributed by atoms with E-state index in [4.69, 9.17) is 0 Å². The summed E-state index contributed by atoms with van der Waals surface area (Å²) in [5.41, 5.74) is 2.12. The summed E-state index contributed by atoms with van der Waals surface area (Å²) in [6.07, 6.45) is 3.67. The summed E-state index contributed by atoms with van der Waals surface area (Å²) in [6, 6.07) is 18.5. The van der Waals surface area contributed by atoms with Crippen LogP contribution >= 0.6 is 0 Å². The molecule has 0 spiro atoms. The Morgan fingerprint density at radius 2 is 1.52 bits per heavy atom. The van der Waals surface area contributed by atoms with Gasteiger partial charge < -0.3 is 16.9 Å². The van der Waals surface area contributed by atoms with Crippen molar-refractivity contribution in [1.82, 2.24) is 26.8 Å². The molecule has 2 heterocycles. The topological polar surface area (TPSA) is 101 Å². The summed E-state index contributed by atoms with van der Waals surface area (Å²) in [7, 11) is 0. The van der Waals surface area contributed by atoms with Gasteiger partial charge >= 0.3 is 0 Å². The molecule has 0 aliphatic carbocycles. The maximum Gasteiger partial charge on any atom is 0.148 e. The Labute approximate surface area is 122 Å². The van der Waals surface area contributed by atoms with Gasteiger partial charge in [-0.3, -0.25) is 0 Å². The molecule has 5 heteroatoms. The van der Waals surface area contributed by atoms with Gasteiger partial charge in [0.2, 0.25) is 0 Å². The maximum atomic E-state index is 4.45. The van der Waals surface area contributed by atoms with Gasteiger partial charge in [0.25, 0.3) is 0 Å². The summed E-state index contributed by atoms with van der Waals surface area (Å²) >= 11 is 0. The lowest BCUT2D eigenvalue weighted by molar-refractivity contribution is 1.04. The molecule has 21 heavy (non-hydrogen) atoms. The minimum absolute atomic E-state index is 0. The fraction of sp³-hybridized carbons (Fsp3) is 0. The van der Waals surface area contributed by atoms with Crippen LogP contribution in [0.3, 0.4) is 0 Å². The average molecular weight is 279 g/mol. The van der Waals surface area contributed by atoms with Gasteiger partial charge in [0, 0.05) is 11.6 Å². The van der Waals surface area contributed by atoms with E-state index >= 15 is 0 Å². The van der Waals surface area contributed by atoms with E-state index in [9.17, 15) is 0 Å². The van der Waals surface area contributed by atoms with Crippen LogP contribution in [-0.4, -0.2) is 14.5 Å². The van der Waals surface area contributed by atoms with E-state index in [0.29, 0.717) is 0 Å². The third kappa shape index (κ3) is 2.24. The van der Waals surface area contributed by atoms with Crippen molar-refractivity contribution in [2.75, 3.05) is 0 Å². The Morgan fingerprint density at radius 3 is 2.43 bits per heavy atom. The van der Waals surface area contributed by atoms with Crippen LogP contribution in [0.1, 0.15) is 0 Å². The monoisotopic (exact) mass is 279 g/mol. The molecular weight excluding hydrogens is 262 g/mol. The van der Waals surface area contributed by atoms with Crippen molar-refractivity contribution in [3.05, 3.63) is 67.1 Å². The Hall–Kier alpha value is -2.76. The third-order valence-corrected chi connectivity index (χ3v) is 3.35. The predicted molar refractivity (Wildman–Crippen MR) is 86.4 cm³/mol. The van der Waals surface area contributed by atoms with E-state index in [1.807, 2.05) is 30.3 Å². The number of benzene rings is 2. The number of hydrogen-bond donors (Lipinski definition) is 2. The van der Waals surface area contributed by atoms with E-state index in [-0.39, 0.29) is 12.3 Å². The van der Waals surface area contributed by atoms with Gasteiger partial charge in [-0.05, 0) is 29.7 Å². The zero-order chi connectivity index (χ0) is 12.7. The zero-order valence-corrected chi connectivity index (χ0v) is 11.6. The van der Waals surface area contributed by atoms with Gasteiger partial charge in [-0.25, -0.2) is 9.97 Å². The van der Waals surface area contributed by atoms with Crippen molar-refractivity contribution >= 4 is 21.8 Å². The van der Waals surface area contributed by atoms with Gasteiger partial charge in [-0.2, -0.15) is 0 Å². The molecule has 4 rings (SSSR count). The highest BCUT2D eigenvalue weighted by atomic mass is 15.1. The number of aromatic nitrogens is 3. The zero-order valence-electron chi connectivity index (χ0n) is 11.6. The number of rotatable bonds is 1. The van der Waals surface area contributed by atoms with E-state index < -0.39 is 0 Å². The van der Waals surface area contributed by atoms with Crippen molar-refractivity contribution in [3.63, 3.8) is 0 Å². The minimum atomic E-state index is 0. The first-order chi connectivity index (χ1) is 9.43. The molecule has 0 radical (unpaired) electrons. The van der Waals surface area contributed by atoms with Gasteiger partial charge in [0.05, 0.1) is 11.0 Å². The van der Waals surface area contributed by atoms with Crippen LogP contribution in [0.4, 0.5) is 0 Å². The molecule has 0 bridgehead atoms. The summed E-state index contributed by atoms with van der Waals surface area (Å²) in [5.74, 6) is 0.923. The second-order valence-electron chi connectivity index (χ2n) is 4.46. The predicted octanol–water partition coefficient (Wildman–Crippen LogP) is 3.90. The number of fused-ring (bicyclic) bond motifs is 2. The first-order valence-electron chi connectivity index (χ1n) is 6.20. The highest BCUT2D eigenvalue weighted by Crippen LogP contribution is 2.23. The molecule has 2 aromatic heterocycles. The molecule has 0 aliphatic rings. The van der Waals surface area contributed by atoms with Gasteiger partial charge in [0.1, 0.15) is 12.1 Å². The van der Waals surface area contributed by atoms with Gasteiger partial charge in [-0.1, -0.05) is 30.3 Å². The molecule has 5 nitrogen and oxygen atoms in total. The molecule has 0 amide bonds. The molecule has 106 valence electrons. The molecule has 0 fully saturated rings. The average Bonchev–Trinajstić information content (AvgIpc) is 2.90. The van der Waals surface area contributed by atoms with Crippen LogP contribution < -0.4 is 12.3 Å². The molecule has 2 aromatic carbocycles. The van der Waals surface area contributed by atoms with E-state index in [1.54, 1.807) is 6.33 Å². The summed E-state index contributed by atoms with van der Waals surface area (Å²) in [6.45, 7) is 0. The molecular formula is C16H17N5. The van der Waals surface area contributed by atoms with Crippen LogP contribution in [0, 0.1) is 0 Å². The normalized spacial score (nSPS) is 10.1. The molecule has 0 saturated heterocycles. The van der Waals surface area contributed by atoms with E-state index in [1.165, 1.54) is 5.39 Å². The minimum Gasteiger partial charge on any atom is -0.344 e. The highest BCUT2D eigenvalue weighted by molar-refractivity contribution is 5.89. The van der Waals surface area contributed by atoms with Crippen LogP contribution in [0.5, 0.6) is 0 Å². The lowest BCUT2D eigenvalue weighted by atomic mass is 10.2. The fourth-order valence-corrected chi connectivity index (χ4v) is 2.45. The molecule has 0 aliphatic heterocycles. The van der Waals surface area contributed by atoms with Crippen molar-refractivity contribution < 1.29 is 0 Å². The second kappa shape index (κ2) is 5.70. The van der Waals surface area contributed by atoms with Crippen LogP contribution in [0.2, 0.25) is 0 Å². The molecule has 0 unspecified atom stereocenters. The van der Waals surface area contributed by atoms with Gasteiger partial charge in [0.15, 0.2) is 0 Å². The molecule has 6 N–H and O–H groups in total. The Kier molecular flexibility index (Phi) is 3.98. The first-order valence-corrected chi connectivity index (χ1v) is 6.20. The lowest BCUT2D eigenvalue weighted by Gasteiger charge is -2.07. The Balaban J connectivity index is 0.000000807. The lowest BCUT2D eigenvalue weighted by Crippen LogP contribution is -1.97. The molecule has 0 saturated carbocycles. The van der Waals surface area contributed by atoms with Crippen molar-refractivity contribution in [3.8, 4) is 5.82 Å². The summed E-state index contributed by atoms with van der Waals surface area (Å²) < 4.78 is 2.11. The second-order valence-corrected chi connectivity index (χ2v) is 4.46. The molecule has 4 aromatic rings. The first kappa shape index (κ1) is 14.6. The maximum absolute atomic E-state index is 4.45. The largest absolute Gasteiger partial charge is 0.344 e. The quantitative estimate of drug-likeness (QED) is 0.551. The number of hydrogen-bond acceptors (Lipinski definition) is 4. The summed E-state index contributed by atoms with van der Waals surface area (Å²) in [4.78, 5) is 8.76. The SMILES string of the molecule is N.N.c1ccc2c(c1)ccn2-c1ncnc2ccccc12. The standard InChI is InChI=1S/C16H11N3.2H3N/c1-4-8-15-12(5-1)9-10-19(15)16-13-6-2-3-7-14(13)17-11-18-16;;/h1-11H;2*1H3. The highest BCUT2D eigenvalue weighted by Gasteiger charge is 2.07. The third-order valence-electron chi connectivity index (χ3n) is 3.35. The Bertz CT molecular complexity index is 877. The van der Waals surface area contributed by atoms with Crippen LogP contribution in [0.15, 0.2) is 67.1 Å². The van der Waals surface area contributed by atoms with Gasteiger partial charge in [-0.15, -0.1) is 0 Å². The van der Waals surface area contributed by atoms with Crippen LogP contribution in [-0.2, 0) is 0 Å². The van der Waals surface area contributed by atoms with Crippen LogP contribution in [0.25, 0.3) is 27.6 Å². The summed E-state index contributed by atoms with van der Waals surface area (Å²) in [5, 5.41) is 2.27. The smallest absolute Gasteiger partial charge is 0.148 e. The number of nitrogens with zero attached hydrogens (tertiary/aromatic N) is 3. The van der Waals surface area contributed by atoms with E-state index in [2.05, 4.69) is 45.0 Å².